The number of nitrogens with zero attached hydrogens (tertiary/aromatic N) is 5. The third-order valence-electron chi connectivity index (χ3n) is 6.91. The number of hydrogen-bond donors (Lipinski definition) is 1. The molecule has 0 spiro atoms. The normalized spacial score (nSPS) is 13.7. The summed E-state index contributed by atoms with van der Waals surface area (Å²) in [6, 6.07) is 7.59. The van der Waals surface area contributed by atoms with Crippen LogP contribution in [0.5, 0.6) is 5.88 Å². The molecule has 1 aliphatic carbocycles. The Balaban J connectivity index is 1.36. The summed E-state index contributed by atoms with van der Waals surface area (Å²) < 4.78 is 3.15. The molecule has 1 N–H and O–H groups in total. The van der Waals surface area contributed by atoms with E-state index in [1.165, 1.54) is 35.0 Å². The first-order valence-electron chi connectivity index (χ1n) is 12.8. The molecule has 9 heteroatoms. The van der Waals surface area contributed by atoms with Gasteiger partial charge in [-0.15, -0.1) is 21.6 Å². The first-order valence-corrected chi connectivity index (χ1v) is 13.6. The summed E-state index contributed by atoms with van der Waals surface area (Å²) >= 11 is 1.58. The number of amides is 1. The second-order valence-corrected chi connectivity index (χ2v) is 10.5. The lowest BCUT2D eigenvalue weighted by Crippen LogP contribution is -2.24. The van der Waals surface area contributed by atoms with Crippen molar-refractivity contribution in [2.24, 2.45) is 10.2 Å². The number of hydrogen-bond acceptors (Lipinski definition) is 6. The average molecular weight is 506 g/mol. The Hall–Kier alpha value is -3.33. The maximum absolute atomic E-state index is 13.1. The van der Waals surface area contributed by atoms with Crippen molar-refractivity contribution in [1.29, 1.82) is 0 Å². The number of fused-ring (bicyclic) bond motifs is 4. The number of thiophene rings is 1. The van der Waals surface area contributed by atoms with Crippen molar-refractivity contribution in [3.63, 3.8) is 0 Å². The summed E-state index contributed by atoms with van der Waals surface area (Å²) in [4.78, 5) is 32.2. The van der Waals surface area contributed by atoms with Crippen molar-refractivity contribution in [2.45, 2.75) is 77.8 Å². The highest BCUT2D eigenvalue weighted by atomic mass is 32.1. The van der Waals surface area contributed by atoms with Crippen LogP contribution in [0.25, 0.3) is 21.1 Å². The van der Waals surface area contributed by atoms with E-state index in [1.807, 2.05) is 28.8 Å². The van der Waals surface area contributed by atoms with Crippen LogP contribution in [-0.2, 0) is 30.7 Å². The molecule has 1 amide bonds. The van der Waals surface area contributed by atoms with Gasteiger partial charge < -0.3 is 9.67 Å². The second kappa shape index (κ2) is 10.7. The topological polar surface area (TPSA) is 102 Å². The zero-order valence-electron chi connectivity index (χ0n) is 20.6. The largest absolute Gasteiger partial charge is 0.493 e. The van der Waals surface area contributed by atoms with Crippen LogP contribution >= 0.6 is 11.3 Å². The van der Waals surface area contributed by atoms with Gasteiger partial charge in [0, 0.05) is 16.8 Å². The summed E-state index contributed by atoms with van der Waals surface area (Å²) in [5, 5.41) is 20.3. The lowest BCUT2D eigenvalue weighted by Gasteiger charge is -2.10. The summed E-state index contributed by atoms with van der Waals surface area (Å²) in [6.45, 7) is 2.61. The van der Waals surface area contributed by atoms with Crippen molar-refractivity contribution >= 4 is 44.1 Å². The van der Waals surface area contributed by atoms with Gasteiger partial charge in [0.1, 0.15) is 11.4 Å². The number of aromatic hydroxyl groups is 1. The van der Waals surface area contributed by atoms with E-state index in [0.717, 1.165) is 59.8 Å². The fourth-order valence-electron chi connectivity index (χ4n) is 5.05. The predicted octanol–water partition coefficient (Wildman–Crippen LogP) is 6.28. The van der Waals surface area contributed by atoms with Crippen LogP contribution in [0.4, 0.5) is 5.69 Å². The van der Waals surface area contributed by atoms with Gasteiger partial charge >= 0.3 is 0 Å². The number of benzene rings is 1. The summed E-state index contributed by atoms with van der Waals surface area (Å²) in [6.07, 6.45) is 11.1. The lowest BCUT2D eigenvalue weighted by atomic mass is 9.97. The van der Waals surface area contributed by atoms with E-state index < -0.39 is 5.91 Å². The maximum atomic E-state index is 13.1. The van der Waals surface area contributed by atoms with Gasteiger partial charge in [0.15, 0.2) is 5.69 Å². The Labute approximate surface area is 213 Å². The zero-order valence-corrected chi connectivity index (χ0v) is 21.4. The molecule has 188 valence electrons. The molecule has 0 saturated heterocycles. The van der Waals surface area contributed by atoms with Crippen LogP contribution in [-0.4, -0.2) is 25.1 Å². The number of rotatable bonds is 9. The number of aryl methyl sites for hydroxylation is 3. The van der Waals surface area contributed by atoms with Gasteiger partial charge in [-0.1, -0.05) is 50.8 Å². The van der Waals surface area contributed by atoms with Gasteiger partial charge in [0.2, 0.25) is 5.88 Å². The monoisotopic (exact) mass is 505 g/mol. The standard InChI is InChI=1S/C27H31N5O3S/c1-2-3-4-5-10-15-32-20-13-8-6-11-18(20)24(27(32)35)30-29-22(33)16-31-17-28-25-23(26(31)34)19-12-7-9-14-21(19)36-25/h6,8,11,13,17,35H,2-5,7,9-10,12,14-16H2,1H3. The molecule has 0 unspecified atom stereocenters. The molecule has 0 radical (unpaired) electrons. The average Bonchev–Trinajstić information content (AvgIpc) is 3.40. The van der Waals surface area contributed by atoms with Crippen molar-refractivity contribution in [3.8, 4) is 5.88 Å². The van der Waals surface area contributed by atoms with Crippen molar-refractivity contribution in [1.82, 2.24) is 14.1 Å². The molecular weight excluding hydrogens is 474 g/mol. The Morgan fingerprint density at radius 1 is 1.14 bits per heavy atom. The smallest absolute Gasteiger partial charge is 0.284 e. The highest BCUT2D eigenvalue weighted by molar-refractivity contribution is 7.18. The molecule has 0 atom stereocenters. The van der Waals surface area contributed by atoms with E-state index in [1.54, 1.807) is 11.3 Å². The molecule has 0 aliphatic heterocycles. The molecule has 0 bridgehead atoms. The van der Waals surface area contributed by atoms with E-state index in [4.69, 9.17) is 0 Å². The number of aromatic nitrogens is 3. The third kappa shape index (κ3) is 4.72. The number of azo groups is 1. The minimum atomic E-state index is -0.571. The number of para-hydroxylation sites is 1. The Bertz CT molecular complexity index is 1500. The minimum Gasteiger partial charge on any atom is -0.493 e. The van der Waals surface area contributed by atoms with Gasteiger partial charge in [-0.3, -0.25) is 14.2 Å². The van der Waals surface area contributed by atoms with Crippen LogP contribution in [0.1, 0.15) is 62.3 Å². The van der Waals surface area contributed by atoms with Gasteiger partial charge in [0.05, 0.1) is 17.2 Å². The quantitative estimate of drug-likeness (QED) is 0.214. The van der Waals surface area contributed by atoms with Crippen LogP contribution < -0.4 is 5.56 Å². The Morgan fingerprint density at radius 2 is 1.94 bits per heavy atom. The lowest BCUT2D eigenvalue weighted by molar-refractivity contribution is -0.118. The molecule has 4 aromatic rings. The van der Waals surface area contributed by atoms with Crippen LogP contribution in [0, 0.1) is 0 Å². The molecule has 1 aliphatic rings. The van der Waals surface area contributed by atoms with E-state index in [2.05, 4.69) is 22.1 Å². The van der Waals surface area contributed by atoms with Gasteiger partial charge in [0.25, 0.3) is 11.5 Å². The molecule has 36 heavy (non-hydrogen) atoms. The van der Waals surface area contributed by atoms with E-state index in [-0.39, 0.29) is 23.7 Å². The molecule has 1 aromatic carbocycles. The first-order chi connectivity index (χ1) is 17.6. The maximum Gasteiger partial charge on any atom is 0.284 e. The fraction of sp³-hybridized carbons (Fsp3) is 0.444. The van der Waals surface area contributed by atoms with E-state index in [9.17, 15) is 14.7 Å². The molecule has 3 aromatic heterocycles. The predicted molar refractivity (Wildman–Crippen MR) is 142 cm³/mol. The van der Waals surface area contributed by atoms with E-state index in [0.29, 0.717) is 11.9 Å². The second-order valence-electron chi connectivity index (χ2n) is 9.42. The number of unbranched alkanes of at least 4 members (excludes halogenated alkanes) is 4. The molecule has 5 rings (SSSR count). The van der Waals surface area contributed by atoms with Gasteiger partial charge in [-0.25, -0.2) is 4.98 Å². The highest BCUT2D eigenvalue weighted by Gasteiger charge is 2.21. The minimum absolute atomic E-state index is 0.00777. The molecule has 8 nitrogen and oxygen atoms in total. The SMILES string of the molecule is CCCCCCCn1c(O)c(N=NC(=O)Cn2cnc3sc4c(c3c2=O)CCCC4)c2ccccc21. The van der Waals surface area contributed by atoms with Crippen molar-refractivity contribution < 1.29 is 9.90 Å². The summed E-state index contributed by atoms with van der Waals surface area (Å²) in [5.41, 5.74) is 2.03. The third-order valence-corrected chi connectivity index (χ3v) is 8.11. The van der Waals surface area contributed by atoms with Gasteiger partial charge in [-0.05, 0) is 43.7 Å². The fourth-order valence-corrected chi connectivity index (χ4v) is 6.27. The van der Waals surface area contributed by atoms with Crippen molar-refractivity contribution in [2.75, 3.05) is 0 Å². The van der Waals surface area contributed by atoms with Crippen LogP contribution in [0.15, 0.2) is 45.6 Å². The van der Waals surface area contributed by atoms with Crippen LogP contribution in [0.3, 0.4) is 0 Å². The Morgan fingerprint density at radius 3 is 2.81 bits per heavy atom. The van der Waals surface area contributed by atoms with Crippen LogP contribution in [0.2, 0.25) is 0 Å². The zero-order chi connectivity index (χ0) is 25.1. The molecule has 3 heterocycles. The highest BCUT2D eigenvalue weighted by Crippen LogP contribution is 2.39. The first kappa shape index (κ1) is 24.4. The molecule has 0 saturated carbocycles. The number of carbonyl (C=O) groups excluding carboxylic acids is 1. The summed E-state index contributed by atoms with van der Waals surface area (Å²) in [7, 11) is 0. The summed E-state index contributed by atoms with van der Waals surface area (Å²) in [5.74, 6) is -0.563. The number of carbonyl (C=O) groups is 1. The van der Waals surface area contributed by atoms with Gasteiger partial charge in [-0.2, -0.15) is 0 Å². The van der Waals surface area contributed by atoms with E-state index >= 15 is 0 Å². The Kier molecular flexibility index (Phi) is 7.27. The molecule has 0 fully saturated rings. The molecular formula is C27H31N5O3S. The van der Waals surface area contributed by atoms with Crippen molar-refractivity contribution in [3.05, 3.63) is 51.4 Å².